The zero-order valence-corrected chi connectivity index (χ0v) is 16.4. The number of carboxylic acid groups (broad SMARTS) is 1. The molecule has 0 saturated carbocycles. The first-order valence-corrected chi connectivity index (χ1v) is 9.63. The monoisotopic (exact) mass is 439 g/mol. The van der Waals surface area contributed by atoms with E-state index in [4.69, 9.17) is 0 Å². The summed E-state index contributed by atoms with van der Waals surface area (Å²) in [6, 6.07) is 14.4. The molecule has 0 aliphatic rings. The second kappa shape index (κ2) is 7.52. The lowest BCUT2D eigenvalue weighted by atomic mass is 10.0. The number of rotatable bonds is 6. The Morgan fingerprint density at radius 1 is 1.11 bits per heavy atom. The SMILES string of the molecule is O=C(Cn1ccc2c(Br)cccc21)N[C@H](Cc1c[nH]c2ccccc12)C(=O)O. The molecule has 1 atom stereocenters. The van der Waals surface area contributed by atoms with Gasteiger partial charge in [0.15, 0.2) is 0 Å². The second-order valence-corrected chi connectivity index (χ2v) is 7.49. The van der Waals surface area contributed by atoms with Gasteiger partial charge in [-0.2, -0.15) is 0 Å². The number of hydrogen-bond donors (Lipinski definition) is 3. The molecule has 4 aromatic rings. The Labute approximate surface area is 169 Å². The van der Waals surface area contributed by atoms with Crippen LogP contribution in [0, 0.1) is 0 Å². The molecule has 3 N–H and O–H groups in total. The molecule has 0 aliphatic carbocycles. The van der Waals surface area contributed by atoms with Gasteiger partial charge in [0.05, 0.1) is 0 Å². The van der Waals surface area contributed by atoms with Gasteiger partial charge in [-0.3, -0.25) is 4.79 Å². The molecule has 2 heterocycles. The number of para-hydroxylation sites is 1. The summed E-state index contributed by atoms with van der Waals surface area (Å²) in [6.07, 6.45) is 3.83. The first-order chi connectivity index (χ1) is 13.5. The Hall–Kier alpha value is -3.06. The van der Waals surface area contributed by atoms with Gasteiger partial charge in [0.2, 0.25) is 5.91 Å². The van der Waals surface area contributed by atoms with Gasteiger partial charge in [0.1, 0.15) is 12.6 Å². The van der Waals surface area contributed by atoms with E-state index in [1.54, 1.807) is 10.8 Å². The average Bonchev–Trinajstić information content (AvgIpc) is 3.27. The van der Waals surface area contributed by atoms with Crippen LogP contribution in [0.25, 0.3) is 21.8 Å². The van der Waals surface area contributed by atoms with E-state index in [0.29, 0.717) is 0 Å². The zero-order chi connectivity index (χ0) is 19.7. The summed E-state index contributed by atoms with van der Waals surface area (Å²) in [5.74, 6) is -1.40. The highest BCUT2D eigenvalue weighted by Gasteiger charge is 2.22. The highest BCUT2D eigenvalue weighted by Crippen LogP contribution is 2.24. The Bertz CT molecular complexity index is 1180. The van der Waals surface area contributed by atoms with Crippen molar-refractivity contribution in [1.29, 1.82) is 0 Å². The number of carboxylic acids is 1. The molecule has 0 unspecified atom stereocenters. The van der Waals surface area contributed by atoms with Gasteiger partial charge in [-0.15, -0.1) is 0 Å². The first-order valence-electron chi connectivity index (χ1n) is 8.83. The van der Waals surface area contributed by atoms with E-state index in [-0.39, 0.29) is 18.9 Å². The van der Waals surface area contributed by atoms with Crippen LogP contribution >= 0.6 is 15.9 Å². The summed E-state index contributed by atoms with van der Waals surface area (Å²) in [5, 5.41) is 14.2. The molecule has 0 fully saturated rings. The number of halogens is 1. The number of hydrogen-bond acceptors (Lipinski definition) is 2. The molecule has 28 heavy (non-hydrogen) atoms. The van der Waals surface area contributed by atoms with Crippen LogP contribution in [0.5, 0.6) is 0 Å². The molecule has 2 aromatic carbocycles. The normalized spacial score (nSPS) is 12.3. The Morgan fingerprint density at radius 2 is 1.93 bits per heavy atom. The third-order valence-corrected chi connectivity index (χ3v) is 5.50. The van der Waals surface area contributed by atoms with E-state index in [1.807, 2.05) is 54.7 Å². The molecular formula is C21H18BrN3O3. The van der Waals surface area contributed by atoms with Gasteiger partial charge in [-0.05, 0) is 29.8 Å². The standard InChI is InChI=1S/C21H18BrN3O3/c22-16-5-3-7-19-15(16)8-9-25(19)12-20(26)24-18(21(27)28)10-13-11-23-17-6-2-1-4-14(13)17/h1-9,11,18,23H,10,12H2,(H,24,26)(H,27,28)/t18-/m1/s1. The van der Waals surface area contributed by atoms with Crippen molar-refractivity contribution in [2.45, 2.75) is 19.0 Å². The van der Waals surface area contributed by atoms with Crippen molar-refractivity contribution >= 4 is 49.6 Å². The van der Waals surface area contributed by atoms with Gasteiger partial charge in [0, 0.05) is 45.1 Å². The fourth-order valence-corrected chi connectivity index (χ4v) is 3.93. The number of nitrogens with zero attached hydrogens (tertiary/aromatic N) is 1. The summed E-state index contributed by atoms with van der Waals surface area (Å²) in [5.41, 5.74) is 2.71. The Kier molecular flexibility index (Phi) is 4.92. The van der Waals surface area contributed by atoms with Gasteiger partial charge in [-0.1, -0.05) is 40.2 Å². The maximum atomic E-state index is 12.5. The number of carbonyl (C=O) groups excluding carboxylic acids is 1. The molecule has 0 saturated heterocycles. The van der Waals surface area contributed by atoms with Crippen molar-refractivity contribution in [3.05, 3.63) is 71.0 Å². The number of amides is 1. The predicted octanol–water partition coefficient (Wildman–Crippen LogP) is 3.70. The van der Waals surface area contributed by atoms with Gasteiger partial charge in [0.25, 0.3) is 0 Å². The van der Waals surface area contributed by atoms with Crippen LogP contribution in [0.15, 0.2) is 65.4 Å². The molecule has 0 radical (unpaired) electrons. The number of carbonyl (C=O) groups is 2. The van der Waals surface area contributed by atoms with Crippen molar-refractivity contribution in [2.75, 3.05) is 0 Å². The third-order valence-electron chi connectivity index (χ3n) is 4.81. The lowest BCUT2D eigenvalue weighted by Crippen LogP contribution is -2.43. The van der Waals surface area contributed by atoms with Crippen molar-refractivity contribution in [3.63, 3.8) is 0 Å². The molecular weight excluding hydrogens is 422 g/mol. The number of aromatic nitrogens is 2. The van der Waals surface area contributed by atoms with Gasteiger partial charge in [-0.25, -0.2) is 4.79 Å². The minimum Gasteiger partial charge on any atom is -0.480 e. The van der Waals surface area contributed by atoms with Gasteiger partial charge >= 0.3 is 5.97 Å². The van der Waals surface area contributed by atoms with Crippen LogP contribution in [0.2, 0.25) is 0 Å². The number of nitrogens with one attached hydrogen (secondary N) is 2. The Balaban J connectivity index is 1.50. The van der Waals surface area contributed by atoms with E-state index in [9.17, 15) is 14.7 Å². The largest absolute Gasteiger partial charge is 0.480 e. The number of benzene rings is 2. The van der Waals surface area contributed by atoms with Crippen molar-refractivity contribution in [1.82, 2.24) is 14.9 Å². The summed E-state index contributed by atoms with van der Waals surface area (Å²) < 4.78 is 2.76. The summed E-state index contributed by atoms with van der Waals surface area (Å²) in [7, 11) is 0. The van der Waals surface area contributed by atoms with Crippen LogP contribution in [-0.4, -0.2) is 32.6 Å². The highest BCUT2D eigenvalue weighted by atomic mass is 79.9. The van der Waals surface area contributed by atoms with E-state index < -0.39 is 12.0 Å². The summed E-state index contributed by atoms with van der Waals surface area (Å²) in [4.78, 5) is 27.4. The van der Waals surface area contributed by atoms with Crippen LogP contribution in [-0.2, 0) is 22.6 Å². The smallest absolute Gasteiger partial charge is 0.326 e. The minimum absolute atomic E-state index is 0.0532. The van der Waals surface area contributed by atoms with E-state index >= 15 is 0 Å². The number of H-pyrrole nitrogens is 1. The van der Waals surface area contributed by atoms with Crippen LogP contribution in [0.3, 0.4) is 0 Å². The van der Waals surface area contributed by atoms with Crippen LogP contribution in [0.4, 0.5) is 0 Å². The third kappa shape index (κ3) is 3.53. The maximum Gasteiger partial charge on any atom is 0.326 e. The quantitative estimate of drug-likeness (QED) is 0.428. The molecule has 0 spiro atoms. The van der Waals surface area contributed by atoms with E-state index in [1.165, 1.54) is 0 Å². The lowest BCUT2D eigenvalue weighted by molar-refractivity contribution is -0.141. The molecule has 6 nitrogen and oxygen atoms in total. The van der Waals surface area contributed by atoms with E-state index in [2.05, 4.69) is 26.2 Å². The molecule has 4 rings (SSSR count). The fourth-order valence-electron chi connectivity index (χ4n) is 3.44. The van der Waals surface area contributed by atoms with Crippen molar-refractivity contribution < 1.29 is 14.7 Å². The molecule has 142 valence electrons. The molecule has 0 bridgehead atoms. The van der Waals surface area contributed by atoms with E-state index in [0.717, 1.165) is 31.8 Å². The number of aromatic amines is 1. The maximum absolute atomic E-state index is 12.5. The molecule has 7 heteroatoms. The zero-order valence-electron chi connectivity index (χ0n) is 14.9. The highest BCUT2D eigenvalue weighted by molar-refractivity contribution is 9.10. The van der Waals surface area contributed by atoms with Crippen LogP contribution in [0.1, 0.15) is 5.56 Å². The number of aliphatic carboxylic acids is 1. The Morgan fingerprint density at radius 3 is 2.75 bits per heavy atom. The average molecular weight is 440 g/mol. The molecule has 1 amide bonds. The predicted molar refractivity (Wildman–Crippen MR) is 111 cm³/mol. The van der Waals surface area contributed by atoms with Crippen molar-refractivity contribution in [3.8, 4) is 0 Å². The second-order valence-electron chi connectivity index (χ2n) is 6.64. The fraction of sp³-hybridized carbons (Fsp3) is 0.143. The minimum atomic E-state index is -1.06. The molecule has 0 aliphatic heterocycles. The number of fused-ring (bicyclic) bond motifs is 2. The summed E-state index contributed by atoms with van der Waals surface area (Å²) >= 11 is 3.49. The van der Waals surface area contributed by atoms with Gasteiger partial charge < -0.3 is 20.0 Å². The summed E-state index contributed by atoms with van der Waals surface area (Å²) in [6.45, 7) is 0.0532. The van der Waals surface area contributed by atoms with Crippen LogP contribution < -0.4 is 5.32 Å². The first kappa shape index (κ1) is 18.3. The van der Waals surface area contributed by atoms with Crippen molar-refractivity contribution in [2.24, 2.45) is 0 Å². The topological polar surface area (TPSA) is 87.1 Å². The molecule has 2 aromatic heterocycles. The lowest BCUT2D eigenvalue weighted by Gasteiger charge is -2.15.